The van der Waals surface area contributed by atoms with Gasteiger partial charge in [-0.25, -0.2) is 4.39 Å². The molecule has 4 nitrogen and oxygen atoms in total. The van der Waals surface area contributed by atoms with Crippen molar-refractivity contribution < 1.29 is 18.7 Å². The van der Waals surface area contributed by atoms with E-state index in [2.05, 4.69) is 17.2 Å². The molecule has 0 radical (unpaired) electrons. The molecule has 6 heteroatoms. The van der Waals surface area contributed by atoms with E-state index < -0.39 is 11.7 Å². The number of nitrogens with one attached hydrogen (secondary N) is 1. The smallest absolute Gasteiger partial charge is 0.291 e. The molecule has 102 valence electrons. The van der Waals surface area contributed by atoms with E-state index in [4.69, 9.17) is 21.1 Å². The standard InChI is InChI=1S/C14H9ClFNO3/c15-13-6-5-12(20-13)14(19)17-10-4-3-9(2-1-7-18)11(16)8-10/h3-6,8,18H,7H2,(H,17,19). The third kappa shape index (κ3) is 3.38. The largest absolute Gasteiger partial charge is 0.440 e. The molecule has 2 rings (SSSR count). The number of hydrogen-bond donors (Lipinski definition) is 2. The highest BCUT2D eigenvalue weighted by Gasteiger charge is 2.11. The number of carbonyl (C=O) groups excluding carboxylic acids is 1. The Morgan fingerprint density at radius 3 is 2.80 bits per heavy atom. The molecular weight excluding hydrogens is 285 g/mol. The molecule has 0 aliphatic rings. The van der Waals surface area contributed by atoms with Crippen LogP contribution in [0.2, 0.25) is 5.22 Å². The summed E-state index contributed by atoms with van der Waals surface area (Å²) in [7, 11) is 0. The molecule has 1 aromatic heterocycles. The molecule has 0 atom stereocenters. The van der Waals surface area contributed by atoms with Gasteiger partial charge < -0.3 is 14.8 Å². The minimum absolute atomic E-state index is 0.0274. The van der Waals surface area contributed by atoms with Crippen LogP contribution in [0.15, 0.2) is 34.7 Å². The Labute approximate surface area is 119 Å². The number of carbonyl (C=O) groups is 1. The number of benzene rings is 1. The summed E-state index contributed by atoms with van der Waals surface area (Å²) in [5, 5.41) is 11.1. The van der Waals surface area contributed by atoms with Crippen LogP contribution in [-0.2, 0) is 0 Å². The third-order valence-electron chi connectivity index (χ3n) is 2.33. The molecule has 0 bridgehead atoms. The fourth-order valence-electron chi connectivity index (χ4n) is 1.46. The van der Waals surface area contributed by atoms with Gasteiger partial charge in [0.25, 0.3) is 5.91 Å². The van der Waals surface area contributed by atoms with E-state index in [1.54, 1.807) is 0 Å². The van der Waals surface area contributed by atoms with Gasteiger partial charge in [0.05, 0.1) is 5.56 Å². The third-order valence-corrected chi connectivity index (χ3v) is 2.53. The molecule has 0 fully saturated rings. The van der Waals surface area contributed by atoms with Crippen LogP contribution in [0.3, 0.4) is 0 Å². The lowest BCUT2D eigenvalue weighted by Crippen LogP contribution is -2.11. The minimum Gasteiger partial charge on any atom is -0.440 e. The number of aliphatic hydroxyl groups is 1. The van der Waals surface area contributed by atoms with Gasteiger partial charge in [-0.05, 0) is 41.9 Å². The molecule has 0 saturated heterocycles. The number of hydrogen-bond acceptors (Lipinski definition) is 3. The molecule has 0 aliphatic carbocycles. The number of anilines is 1. The van der Waals surface area contributed by atoms with Crippen molar-refractivity contribution in [3.63, 3.8) is 0 Å². The summed E-state index contributed by atoms with van der Waals surface area (Å²) in [5.41, 5.74) is 0.396. The van der Waals surface area contributed by atoms with Crippen molar-refractivity contribution in [2.45, 2.75) is 0 Å². The average Bonchev–Trinajstić information content (AvgIpc) is 2.85. The maximum absolute atomic E-state index is 13.7. The highest BCUT2D eigenvalue weighted by Crippen LogP contribution is 2.17. The maximum atomic E-state index is 13.7. The quantitative estimate of drug-likeness (QED) is 0.837. The topological polar surface area (TPSA) is 62.5 Å². The van der Waals surface area contributed by atoms with Crippen LogP contribution in [0.1, 0.15) is 16.1 Å². The Bertz CT molecular complexity index is 700. The van der Waals surface area contributed by atoms with E-state index in [-0.39, 0.29) is 28.8 Å². The zero-order valence-electron chi connectivity index (χ0n) is 10.1. The first-order chi connectivity index (χ1) is 9.60. The van der Waals surface area contributed by atoms with Crippen LogP contribution >= 0.6 is 11.6 Å². The Morgan fingerprint density at radius 1 is 1.40 bits per heavy atom. The van der Waals surface area contributed by atoms with Crippen LogP contribution < -0.4 is 5.32 Å². The Morgan fingerprint density at radius 2 is 2.20 bits per heavy atom. The lowest BCUT2D eigenvalue weighted by atomic mass is 10.2. The van der Waals surface area contributed by atoms with Crippen molar-refractivity contribution >= 4 is 23.2 Å². The molecule has 0 spiro atoms. The summed E-state index contributed by atoms with van der Waals surface area (Å²) in [6.45, 7) is -0.350. The van der Waals surface area contributed by atoms with Crippen molar-refractivity contribution in [3.05, 3.63) is 52.7 Å². The Balaban J connectivity index is 2.14. The van der Waals surface area contributed by atoms with E-state index in [1.807, 2.05) is 0 Å². The molecule has 0 saturated carbocycles. The summed E-state index contributed by atoms with van der Waals surface area (Å²) in [6, 6.07) is 6.87. The number of aliphatic hydroxyl groups excluding tert-OH is 1. The summed E-state index contributed by atoms with van der Waals surface area (Å²) in [6.07, 6.45) is 0. The molecule has 1 heterocycles. The second-order valence-corrected chi connectivity index (χ2v) is 4.08. The summed E-state index contributed by atoms with van der Waals surface area (Å²) in [5.74, 6) is 3.69. The second-order valence-electron chi connectivity index (χ2n) is 3.71. The van der Waals surface area contributed by atoms with Crippen LogP contribution in [0.25, 0.3) is 0 Å². The minimum atomic E-state index is -0.596. The first-order valence-corrected chi connectivity index (χ1v) is 5.94. The number of rotatable bonds is 2. The van der Waals surface area contributed by atoms with Gasteiger partial charge in [0.15, 0.2) is 11.0 Å². The van der Waals surface area contributed by atoms with E-state index in [0.717, 1.165) is 6.07 Å². The first-order valence-electron chi connectivity index (χ1n) is 5.56. The zero-order chi connectivity index (χ0) is 14.5. The number of halogens is 2. The second kappa shape index (κ2) is 6.24. The molecule has 0 aliphatic heterocycles. The predicted molar refractivity (Wildman–Crippen MR) is 72.0 cm³/mol. The summed E-state index contributed by atoms with van der Waals surface area (Å²) in [4.78, 5) is 11.7. The molecule has 20 heavy (non-hydrogen) atoms. The first kappa shape index (κ1) is 14.1. The van der Waals surface area contributed by atoms with Crippen LogP contribution in [0.5, 0.6) is 0 Å². The fraction of sp³-hybridized carbons (Fsp3) is 0.0714. The molecule has 2 N–H and O–H groups in total. The van der Waals surface area contributed by atoms with Gasteiger partial charge in [-0.2, -0.15) is 0 Å². The van der Waals surface area contributed by atoms with Crippen molar-refractivity contribution in [1.82, 2.24) is 0 Å². The van der Waals surface area contributed by atoms with Crippen molar-refractivity contribution in [2.75, 3.05) is 11.9 Å². The van der Waals surface area contributed by atoms with Gasteiger partial charge in [-0.1, -0.05) is 11.8 Å². The molecule has 1 amide bonds. The Kier molecular flexibility index (Phi) is 4.41. The van der Waals surface area contributed by atoms with Gasteiger partial charge in [-0.15, -0.1) is 0 Å². The van der Waals surface area contributed by atoms with E-state index >= 15 is 0 Å². The fourth-order valence-corrected chi connectivity index (χ4v) is 1.60. The van der Waals surface area contributed by atoms with E-state index in [0.29, 0.717) is 0 Å². The van der Waals surface area contributed by atoms with Gasteiger partial charge in [0.2, 0.25) is 0 Å². The Hall–Kier alpha value is -2.29. The highest BCUT2D eigenvalue weighted by molar-refractivity contribution is 6.29. The van der Waals surface area contributed by atoms with E-state index in [1.165, 1.54) is 24.3 Å². The summed E-state index contributed by atoms with van der Waals surface area (Å²) >= 11 is 5.56. The van der Waals surface area contributed by atoms with Crippen LogP contribution in [-0.4, -0.2) is 17.6 Å². The monoisotopic (exact) mass is 293 g/mol. The lowest BCUT2D eigenvalue weighted by Gasteiger charge is -2.04. The van der Waals surface area contributed by atoms with Crippen molar-refractivity contribution in [3.8, 4) is 11.8 Å². The molecular formula is C14H9ClFNO3. The average molecular weight is 294 g/mol. The normalized spacial score (nSPS) is 9.75. The zero-order valence-corrected chi connectivity index (χ0v) is 10.9. The van der Waals surface area contributed by atoms with Crippen LogP contribution in [0.4, 0.5) is 10.1 Å². The molecule has 2 aromatic rings. The number of furan rings is 1. The van der Waals surface area contributed by atoms with Crippen LogP contribution in [0, 0.1) is 17.7 Å². The summed E-state index contributed by atoms with van der Waals surface area (Å²) < 4.78 is 18.6. The predicted octanol–water partition coefficient (Wildman–Crippen LogP) is 2.67. The van der Waals surface area contributed by atoms with Gasteiger partial charge in [0, 0.05) is 5.69 Å². The SMILES string of the molecule is O=C(Nc1ccc(C#CCO)c(F)c1)c1ccc(Cl)o1. The maximum Gasteiger partial charge on any atom is 0.291 e. The lowest BCUT2D eigenvalue weighted by molar-refractivity contribution is 0.0997. The van der Waals surface area contributed by atoms with E-state index in [9.17, 15) is 9.18 Å². The van der Waals surface area contributed by atoms with Gasteiger partial charge in [0.1, 0.15) is 12.4 Å². The van der Waals surface area contributed by atoms with Crippen molar-refractivity contribution in [2.24, 2.45) is 0 Å². The van der Waals surface area contributed by atoms with Gasteiger partial charge >= 0.3 is 0 Å². The van der Waals surface area contributed by atoms with Gasteiger partial charge in [-0.3, -0.25) is 4.79 Å². The molecule has 0 unspecified atom stereocenters. The van der Waals surface area contributed by atoms with Crippen molar-refractivity contribution in [1.29, 1.82) is 0 Å². The highest BCUT2D eigenvalue weighted by atomic mass is 35.5. The molecule has 1 aromatic carbocycles. The number of amides is 1.